The average Bonchev–Trinajstić information content (AvgIpc) is 3.16. The summed E-state index contributed by atoms with van der Waals surface area (Å²) in [6, 6.07) is 18.0. The molecule has 11 nitrogen and oxygen atoms in total. The average molecular weight is 825 g/mol. The Labute approximate surface area is 331 Å². The van der Waals surface area contributed by atoms with Crippen LogP contribution in [-0.2, 0) is 46.5 Å². The quantitative estimate of drug-likeness (QED) is 0.145. The number of alkyl halides is 6. The first-order valence-corrected chi connectivity index (χ1v) is 18.5. The van der Waals surface area contributed by atoms with Gasteiger partial charge in [-0.3, -0.25) is 9.59 Å². The summed E-state index contributed by atoms with van der Waals surface area (Å²) >= 11 is 0. The van der Waals surface area contributed by atoms with Crippen molar-refractivity contribution in [3.8, 4) is 5.75 Å². The van der Waals surface area contributed by atoms with Crippen LogP contribution in [0.3, 0.4) is 0 Å². The Morgan fingerprint density at radius 1 is 0.793 bits per heavy atom. The van der Waals surface area contributed by atoms with Gasteiger partial charge in [-0.15, -0.1) is 0 Å². The van der Waals surface area contributed by atoms with E-state index in [-0.39, 0.29) is 54.1 Å². The number of amides is 2. The molecule has 2 saturated heterocycles. The number of halogens is 6. The minimum absolute atomic E-state index is 0.00261. The van der Waals surface area contributed by atoms with Gasteiger partial charge in [0.1, 0.15) is 23.5 Å². The maximum atomic E-state index is 13.8. The van der Waals surface area contributed by atoms with Crippen LogP contribution in [-0.4, -0.2) is 80.4 Å². The third-order valence-corrected chi connectivity index (χ3v) is 10.4. The lowest BCUT2D eigenvalue weighted by atomic mass is 9.79. The van der Waals surface area contributed by atoms with E-state index in [4.69, 9.17) is 28.4 Å². The predicted molar refractivity (Wildman–Crippen MR) is 196 cm³/mol. The van der Waals surface area contributed by atoms with Gasteiger partial charge >= 0.3 is 30.1 Å². The lowest BCUT2D eigenvalue weighted by Crippen LogP contribution is -2.64. The number of methoxy groups -OCH3 is 2. The van der Waals surface area contributed by atoms with E-state index < -0.39 is 78.3 Å². The maximum absolute atomic E-state index is 13.8. The summed E-state index contributed by atoms with van der Waals surface area (Å²) in [5, 5.41) is 4.19. The number of nitrogens with one attached hydrogen (secondary N) is 2. The number of ether oxygens (including phenoxy) is 6. The van der Waals surface area contributed by atoms with Crippen molar-refractivity contribution in [1.29, 1.82) is 0 Å². The lowest BCUT2D eigenvalue weighted by molar-refractivity contribution is -0.196. The SMILES string of the molecule is COC(=O)c1c(C)c([C@H]2C[C@@H](NC(=O)C(F)(F)F)[C@H](OCc3ccccc3)[C@@H](C)O2)cc([C@@H]2C[C@](C)(NC(=O)C(F)(F)F)[C@H](OCc3ccccc3)[C@H](C)O2)c1OC. The second kappa shape index (κ2) is 18.1. The largest absolute Gasteiger partial charge is 0.495 e. The van der Waals surface area contributed by atoms with E-state index in [0.29, 0.717) is 5.56 Å². The monoisotopic (exact) mass is 824 g/mol. The molecule has 2 fully saturated rings. The summed E-state index contributed by atoms with van der Waals surface area (Å²) in [4.78, 5) is 38.3. The molecule has 2 heterocycles. The Balaban J connectivity index is 1.56. The zero-order chi connectivity index (χ0) is 42.6. The van der Waals surface area contributed by atoms with E-state index in [1.54, 1.807) is 87.5 Å². The van der Waals surface area contributed by atoms with Gasteiger partial charge in [0.2, 0.25) is 0 Å². The number of carbonyl (C=O) groups excluding carboxylic acids is 3. The summed E-state index contributed by atoms with van der Waals surface area (Å²) in [5.41, 5.74) is 0.297. The lowest BCUT2D eigenvalue weighted by Gasteiger charge is -2.48. The summed E-state index contributed by atoms with van der Waals surface area (Å²) in [6.07, 6.45) is -17.3. The molecule has 3 aromatic carbocycles. The van der Waals surface area contributed by atoms with Crippen LogP contribution in [0.5, 0.6) is 5.75 Å². The molecule has 2 N–H and O–H groups in total. The van der Waals surface area contributed by atoms with E-state index in [1.165, 1.54) is 14.0 Å². The summed E-state index contributed by atoms with van der Waals surface area (Å²) in [6.45, 7) is 6.07. The fraction of sp³-hybridized carbons (Fsp3) is 0.488. The molecule has 316 valence electrons. The van der Waals surface area contributed by atoms with Crippen molar-refractivity contribution < 1.29 is 69.1 Å². The number of benzene rings is 3. The fourth-order valence-corrected chi connectivity index (χ4v) is 7.75. The number of carbonyl (C=O) groups is 3. The second-order valence-corrected chi connectivity index (χ2v) is 14.6. The Morgan fingerprint density at radius 3 is 1.88 bits per heavy atom. The molecule has 2 aliphatic heterocycles. The van der Waals surface area contributed by atoms with Gasteiger partial charge in [-0.1, -0.05) is 60.7 Å². The van der Waals surface area contributed by atoms with E-state index in [2.05, 4.69) is 10.6 Å². The summed E-state index contributed by atoms with van der Waals surface area (Å²) in [5.74, 6) is -5.31. The highest BCUT2D eigenvalue weighted by Gasteiger charge is 2.52. The van der Waals surface area contributed by atoms with Crippen LogP contribution >= 0.6 is 0 Å². The molecule has 17 heteroatoms. The molecule has 0 spiro atoms. The van der Waals surface area contributed by atoms with Crippen molar-refractivity contribution in [2.45, 2.75) is 114 Å². The van der Waals surface area contributed by atoms with Crippen LogP contribution in [0.25, 0.3) is 0 Å². The molecule has 2 aliphatic rings. The van der Waals surface area contributed by atoms with Crippen LogP contribution in [0.15, 0.2) is 66.7 Å². The van der Waals surface area contributed by atoms with Gasteiger partial charge in [0, 0.05) is 18.4 Å². The Hall–Kier alpha value is -4.71. The van der Waals surface area contributed by atoms with Gasteiger partial charge in [0.25, 0.3) is 0 Å². The molecular weight excluding hydrogens is 778 g/mol. The Morgan fingerprint density at radius 2 is 1.34 bits per heavy atom. The molecule has 8 atom stereocenters. The van der Waals surface area contributed by atoms with Crippen molar-refractivity contribution in [2.24, 2.45) is 0 Å². The molecule has 2 amide bonds. The topological polar surface area (TPSA) is 131 Å². The van der Waals surface area contributed by atoms with E-state index in [1.807, 2.05) is 0 Å². The molecule has 58 heavy (non-hydrogen) atoms. The van der Waals surface area contributed by atoms with Crippen molar-refractivity contribution in [3.63, 3.8) is 0 Å². The van der Waals surface area contributed by atoms with Crippen molar-refractivity contribution in [1.82, 2.24) is 10.6 Å². The molecular formula is C41H46F6N2O9. The molecule has 0 radical (unpaired) electrons. The highest BCUT2D eigenvalue weighted by Crippen LogP contribution is 2.47. The van der Waals surface area contributed by atoms with Gasteiger partial charge < -0.3 is 39.1 Å². The zero-order valence-electron chi connectivity index (χ0n) is 32.7. The maximum Gasteiger partial charge on any atom is 0.471 e. The number of rotatable bonds is 12. The Kier molecular flexibility index (Phi) is 13.8. The van der Waals surface area contributed by atoms with Gasteiger partial charge in [0.15, 0.2) is 0 Å². The van der Waals surface area contributed by atoms with Crippen LogP contribution in [0, 0.1) is 6.92 Å². The van der Waals surface area contributed by atoms with Crippen molar-refractivity contribution in [3.05, 3.63) is 100 Å². The number of hydrogen-bond acceptors (Lipinski definition) is 9. The summed E-state index contributed by atoms with van der Waals surface area (Å²) < 4.78 is 118. The molecule has 0 aromatic heterocycles. The van der Waals surface area contributed by atoms with Gasteiger partial charge in [-0.2, -0.15) is 26.3 Å². The normalized spacial score (nSPS) is 26.4. The van der Waals surface area contributed by atoms with Crippen LogP contribution < -0.4 is 15.4 Å². The third kappa shape index (κ3) is 10.1. The van der Waals surface area contributed by atoms with Crippen LogP contribution in [0.4, 0.5) is 26.3 Å². The van der Waals surface area contributed by atoms with E-state index >= 15 is 0 Å². The minimum Gasteiger partial charge on any atom is -0.495 e. The number of esters is 1. The first-order chi connectivity index (χ1) is 27.3. The molecule has 0 bridgehead atoms. The first kappa shape index (κ1) is 44.4. The zero-order valence-corrected chi connectivity index (χ0v) is 32.7. The van der Waals surface area contributed by atoms with Gasteiger partial charge in [-0.25, -0.2) is 4.79 Å². The predicted octanol–water partition coefficient (Wildman–Crippen LogP) is 7.15. The molecule has 0 unspecified atom stereocenters. The van der Waals surface area contributed by atoms with Gasteiger partial charge in [-0.05, 0) is 56.0 Å². The van der Waals surface area contributed by atoms with Crippen LogP contribution in [0.1, 0.15) is 84.0 Å². The molecule has 0 saturated carbocycles. The van der Waals surface area contributed by atoms with E-state index in [9.17, 15) is 40.7 Å². The van der Waals surface area contributed by atoms with Crippen molar-refractivity contribution >= 4 is 17.8 Å². The van der Waals surface area contributed by atoms with Crippen molar-refractivity contribution in [2.75, 3.05) is 14.2 Å². The van der Waals surface area contributed by atoms with E-state index in [0.717, 1.165) is 12.7 Å². The third-order valence-electron chi connectivity index (χ3n) is 10.4. The van der Waals surface area contributed by atoms with Gasteiger partial charge in [0.05, 0.1) is 63.4 Å². The second-order valence-electron chi connectivity index (χ2n) is 14.6. The minimum atomic E-state index is -5.24. The Bertz CT molecular complexity index is 1910. The molecule has 0 aliphatic carbocycles. The smallest absolute Gasteiger partial charge is 0.471 e. The standard InChI is InChI=1S/C41H46F6N2O9/c1-22-27(30-18-29(48-37(51)40(42,43)44)33(23(2)57-30)55-20-25-13-9-7-10-14-25)17-28(34(53-5)32(22)36(50)54-6)31-19-39(4,49-38(52)41(45,46)47)35(24(3)58-31)56-21-26-15-11-8-12-16-26/h7-17,23-24,29-31,33,35H,18-21H2,1-6H3,(H,48,51)(H,49,52)/t23-,24+,29-,30-,31+,33-,35-,39+/m1/s1. The van der Waals surface area contributed by atoms with Crippen LogP contribution in [0.2, 0.25) is 0 Å². The highest BCUT2D eigenvalue weighted by atomic mass is 19.4. The number of hydrogen-bond donors (Lipinski definition) is 2. The highest BCUT2D eigenvalue weighted by molar-refractivity contribution is 5.95. The summed E-state index contributed by atoms with van der Waals surface area (Å²) in [7, 11) is 2.39. The fourth-order valence-electron chi connectivity index (χ4n) is 7.75. The first-order valence-electron chi connectivity index (χ1n) is 18.5. The molecule has 3 aromatic rings. The molecule has 5 rings (SSSR count).